The van der Waals surface area contributed by atoms with Crippen LogP contribution in [-0.4, -0.2) is 66.2 Å². The van der Waals surface area contributed by atoms with Gasteiger partial charge in [-0.2, -0.15) is 0 Å². The van der Waals surface area contributed by atoms with Gasteiger partial charge in [0.1, 0.15) is 5.75 Å². The molecule has 0 unspecified atom stereocenters. The Hall–Kier alpha value is -4.44. The molecular weight excluding hydrogens is 631 g/mol. The third kappa shape index (κ3) is 7.44. The Kier molecular flexibility index (Phi) is 10.5. The predicted molar refractivity (Wildman–Crippen MR) is 197 cm³/mol. The Morgan fingerprint density at radius 3 is 2.37 bits per heavy atom. The highest BCUT2D eigenvalue weighted by Crippen LogP contribution is 2.46. The summed E-state index contributed by atoms with van der Waals surface area (Å²) in [7, 11) is -0.492. The topological polar surface area (TPSA) is 96.8 Å². The van der Waals surface area contributed by atoms with Crippen LogP contribution in [-0.2, 0) is 22.5 Å². The average molecular weight is 678 g/mol. The molecule has 5 aromatic rings. The number of aromatic nitrogens is 2. The number of fused-ring (bicyclic) bond motifs is 1. The van der Waals surface area contributed by atoms with Crippen LogP contribution < -0.4 is 15.5 Å². The van der Waals surface area contributed by atoms with Crippen molar-refractivity contribution in [1.82, 2.24) is 14.7 Å². The van der Waals surface area contributed by atoms with Crippen molar-refractivity contribution >= 4 is 30.1 Å². The van der Waals surface area contributed by atoms with Crippen molar-refractivity contribution in [3.8, 4) is 11.4 Å². The van der Waals surface area contributed by atoms with Crippen LogP contribution in [0, 0.1) is 5.92 Å². The van der Waals surface area contributed by atoms with E-state index in [-0.39, 0.29) is 54.7 Å². The summed E-state index contributed by atoms with van der Waals surface area (Å²) >= 11 is 0. The summed E-state index contributed by atoms with van der Waals surface area (Å²) in [6.07, 6.45) is 1.56. The zero-order chi connectivity index (χ0) is 34.5. The summed E-state index contributed by atoms with van der Waals surface area (Å²) in [5, 5.41) is 15.1. The van der Waals surface area contributed by atoms with Gasteiger partial charge >= 0.3 is 0 Å². The highest BCUT2D eigenvalue weighted by atomic mass is 28.3. The Bertz CT molecular complexity index is 1920. The molecule has 2 heterocycles. The van der Waals surface area contributed by atoms with E-state index in [1.54, 1.807) is 16.7 Å². The number of carbonyl (C=O) groups excluding carboxylic acids is 1. The van der Waals surface area contributed by atoms with E-state index < -0.39 is 8.07 Å². The third-order valence-corrected chi connectivity index (χ3v) is 14.7. The van der Waals surface area contributed by atoms with Gasteiger partial charge in [-0.25, -0.2) is 4.68 Å². The van der Waals surface area contributed by atoms with Crippen LogP contribution >= 0.6 is 0 Å². The molecule has 256 valence electrons. The molecule has 49 heavy (non-hydrogen) atoms. The number of carbonyl (C=O) groups is 1. The minimum atomic E-state index is -2.17. The van der Waals surface area contributed by atoms with Gasteiger partial charge in [0.15, 0.2) is 0 Å². The molecule has 0 radical (unpaired) electrons. The highest BCUT2D eigenvalue weighted by Gasteiger charge is 2.51. The van der Waals surface area contributed by atoms with Crippen LogP contribution in [0.15, 0.2) is 108 Å². The summed E-state index contributed by atoms with van der Waals surface area (Å²) in [5.41, 5.74) is 3.89. The first kappa shape index (κ1) is 34.4. The Morgan fingerprint density at radius 2 is 1.65 bits per heavy atom. The van der Waals surface area contributed by atoms with Crippen LogP contribution in [0.2, 0.25) is 18.6 Å². The lowest BCUT2D eigenvalue weighted by Gasteiger charge is -2.36. The Morgan fingerprint density at radius 1 is 0.939 bits per heavy atom. The van der Waals surface area contributed by atoms with Crippen LogP contribution in [0.5, 0.6) is 5.75 Å². The maximum atomic E-state index is 13.9. The van der Waals surface area contributed by atoms with Crippen molar-refractivity contribution in [3.63, 3.8) is 0 Å². The second-order valence-electron chi connectivity index (χ2n) is 13.8. The van der Waals surface area contributed by atoms with Crippen LogP contribution in [0.4, 0.5) is 0 Å². The first-order valence-corrected chi connectivity index (χ1v) is 20.3. The number of aliphatic hydroxyl groups is 1. The van der Waals surface area contributed by atoms with E-state index in [9.17, 15) is 14.7 Å². The molecule has 1 fully saturated rings. The normalized spacial score (nSPS) is 19.3. The number of methoxy groups -OCH3 is 1. The highest BCUT2D eigenvalue weighted by molar-refractivity contribution is 6.91. The molecule has 0 saturated carbocycles. The minimum absolute atomic E-state index is 0.00300. The quantitative estimate of drug-likeness (QED) is 0.148. The summed E-state index contributed by atoms with van der Waals surface area (Å²) in [5.74, 6) is 1.05. The number of aliphatic hydroxyl groups excluding tert-OH is 1. The predicted octanol–water partition coefficient (Wildman–Crippen LogP) is 6.06. The largest absolute Gasteiger partial charge is 0.497 e. The van der Waals surface area contributed by atoms with Crippen molar-refractivity contribution in [2.24, 2.45) is 5.92 Å². The SMILES string of the molecule is COc1ccc([Si](C)(C)[C@@H]2[C@@H](C)[C@@H](CCc3cccc(-n4[nH]c5ccccc5c4=O)c3)O[C@H]2CC(=O)N(CCO)Cc2ccccc2)cc1. The van der Waals surface area contributed by atoms with Gasteiger partial charge in [-0.05, 0) is 71.8 Å². The van der Waals surface area contributed by atoms with E-state index in [1.807, 2.05) is 78.9 Å². The molecule has 0 spiro atoms. The van der Waals surface area contributed by atoms with Gasteiger partial charge in [-0.3, -0.25) is 14.7 Å². The number of aryl methyl sites for hydroxylation is 1. The molecule has 2 N–H and O–H groups in total. The first-order chi connectivity index (χ1) is 23.7. The van der Waals surface area contributed by atoms with Crippen LogP contribution in [0.1, 0.15) is 30.9 Å². The molecule has 1 aliphatic rings. The number of aromatic amines is 1. The second kappa shape index (κ2) is 15.0. The lowest BCUT2D eigenvalue weighted by molar-refractivity contribution is -0.135. The summed E-state index contributed by atoms with van der Waals surface area (Å²) < 4.78 is 14.0. The maximum Gasteiger partial charge on any atom is 0.279 e. The van der Waals surface area contributed by atoms with E-state index >= 15 is 0 Å². The summed E-state index contributed by atoms with van der Waals surface area (Å²) in [6, 6.07) is 34.0. The molecule has 4 aromatic carbocycles. The van der Waals surface area contributed by atoms with Crippen LogP contribution in [0.3, 0.4) is 0 Å². The number of ether oxygens (including phenoxy) is 2. The Labute approximate surface area is 289 Å². The zero-order valence-corrected chi connectivity index (χ0v) is 29.8. The van der Waals surface area contributed by atoms with Gasteiger partial charge in [0.25, 0.3) is 5.56 Å². The molecular formula is C40H47N3O5Si. The summed E-state index contributed by atoms with van der Waals surface area (Å²) in [4.78, 5) is 28.8. The fraction of sp³-hybridized carbons (Fsp3) is 0.350. The van der Waals surface area contributed by atoms with Gasteiger partial charge in [-0.15, -0.1) is 0 Å². The average Bonchev–Trinajstić information content (AvgIpc) is 3.63. The fourth-order valence-electron chi connectivity index (χ4n) is 7.76. The lowest BCUT2D eigenvalue weighted by Crippen LogP contribution is -2.51. The molecule has 6 rings (SSSR count). The van der Waals surface area contributed by atoms with Crippen molar-refractivity contribution in [3.05, 3.63) is 125 Å². The number of benzene rings is 4. The maximum absolute atomic E-state index is 13.9. The molecule has 0 aliphatic carbocycles. The van der Waals surface area contributed by atoms with Gasteiger partial charge < -0.3 is 19.5 Å². The van der Waals surface area contributed by atoms with E-state index in [2.05, 4.69) is 49.4 Å². The number of para-hydroxylation sites is 1. The third-order valence-electron chi connectivity index (χ3n) is 10.4. The van der Waals surface area contributed by atoms with Crippen molar-refractivity contribution in [2.75, 3.05) is 20.3 Å². The number of nitrogens with zero attached hydrogens (tertiary/aromatic N) is 2. The molecule has 8 nitrogen and oxygen atoms in total. The van der Waals surface area contributed by atoms with Crippen molar-refractivity contribution in [2.45, 2.75) is 63.6 Å². The fourth-order valence-corrected chi connectivity index (χ4v) is 11.8. The molecule has 0 bridgehead atoms. The van der Waals surface area contributed by atoms with Crippen LogP contribution in [0.25, 0.3) is 16.6 Å². The van der Waals surface area contributed by atoms with Gasteiger partial charge in [0, 0.05) is 13.1 Å². The van der Waals surface area contributed by atoms with Crippen molar-refractivity contribution in [1.29, 1.82) is 0 Å². The molecule has 1 aliphatic heterocycles. The number of rotatable bonds is 13. The standard InChI is InChI=1S/C40H47N3O5Si/c1-28-36(22-17-29-13-10-14-31(25-29)43-40(46)34-15-8-9-16-35(34)41-43)48-37(39(28)49(3,4)33-20-18-32(47-2)19-21-33)26-38(45)42(23-24-44)27-30-11-6-5-7-12-30/h5-16,18-21,25,28,36-37,39,41,44H,17,22-24,26-27H2,1-4H3/t28-,36+,37-,39+/m0/s1. The molecule has 1 aromatic heterocycles. The van der Waals surface area contributed by atoms with Gasteiger partial charge in [0.2, 0.25) is 5.91 Å². The molecule has 1 saturated heterocycles. The summed E-state index contributed by atoms with van der Waals surface area (Å²) in [6.45, 7) is 7.69. The van der Waals surface area contributed by atoms with Crippen molar-refractivity contribution < 1.29 is 19.4 Å². The number of hydrogen-bond donors (Lipinski definition) is 2. The number of amides is 1. The van der Waals surface area contributed by atoms with E-state index in [0.29, 0.717) is 11.9 Å². The molecule has 9 heteroatoms. The molecule has 1 amide bonds. The van der Waals surface area contributed by atoms with Gasteiger partial charge in [-0.1, -0.05) is 91.9 Å². The first-order valence-electron chi connectivity index (χ1n) is 17.2. The number of H-pyrrole nitrogens is 1. The minimum Gasteiger partial charge on any atom is -0.497 e. The van der Waals surface area contributed by atoms with Gasteiger partial charge in [0.05, 0.1) is 57.0 Å². The van der Waals surface area contributed by atoms with E-state index in [1.165, 1.54) is 5.19 Å². The lowest BCUT2D eigenvalue weighted by atomic mass is 9.95. The smallest absolute Gasteiger partial charge is 0.279 e. The Balaban J connectivity index is 1.24. The zero-order valence-electron chi connectivity index (χ0n) is 28.8. The molecule has 4 atom stereocenters. The monoisotopic (exact) mass is 677 g/mol. The second-order valence-corrected chi connectivity index (χ2v) is 18.5. The van der Waals surface area contributed by atoms with E-state index in [4.69, 9.17) is 9.47 Å². The van der Waals surface area contributed by atoms with E-state index in [0.717, 1.165) is 40.9 Å². The number of nitrogens with one attached hydrogen (secondary N) is 1. The number of hydrogen-bond acceptors (Lipinski definition) is 5.